The Labute approximate surface area is 262 Å². The first-order chi connectivity index (χ1) is 20.9. The number of amides is 3. The number of urea groups is 1. The van der Waals surface area contributed by atoms with Crippen molar-refractivity contribution >= 4 is 41.0 Å². The van der Waals surface area contributed by atoms with E-state index < -0.39 is 0 Å². The number of carbonyl (C=O) groups excluding carboxylic acids is 2. The average Bonchev–Trinajstić information content (AvgIpc) is 3.55. The van der Waals surface area contributed by atoms with Crippen LogP contribution in [0.4, 0.5) is 10.5 Å². The first-order valence-electron chi connectivity index (χ1n) is 15.3. The molecule has 0 saturated carbocycles. The predicted molar refractivity (Wildman–Crippen MR) is 167 cm³/mol. The third-order valence-corrected chi connectivity index (χ3v) is 9.76. The van der Waals surface area contributed by atoms with Gasteiger partial charge in [0.25, 0.3) is 5.56 Å². The quantitative estimate of drug-likeness (QED) is 0.128. The van der Waals surface area contributed by atoms with Gasteiger partial charge in [0.2, 0.25) is 5.91 Å². The molecule has 0 radical (unpaired) electrons. The molecule has 1 aromatic rings. The summed E-state index contributed by atoms with van der Waals surface area (Å²) in [5, 5.41) is 16.9. The lowest BCUT2D eigenvalue weighted by Crippen LogP contribution is -2.43. The van der Waals surface area contributed by atoms with Crippen molar-refractivity contribution in [2.75, 3.05) is 76.9 Å². The SMILES string of the molecule is Cn1ncc(N[C@@H]2CCCN(CCOCCOCCOCCNC(=O)CCCC[C@@H]3SC[C@@H]4NC(=O)N[C@@H]43)C2)c(Cl)c1=O. The largest absolute Gasteiger partial charge is 0.378 e. The highest BCUT2D eigenvalue weighted by atomic mass is 35.5. The van der Waals surface area contributed by atoms with Crippen molar-refractivity contribution < 1.29 is 23.8 Å². The van der Waals surface area contributed by atoms with Crippen LogP contribution in [0.1, 0.15) is 38.5 Å². The highest BCUT2D eigenvalue weighted by Crippen LogP contribution is 2.33. The first kappa shape index (κ1) is 33.8. The van der Waals surface area contributed by atoms with Crippen LogP contribution in [-0.2, 0) is 26.1 Å². The number of ether oxygens (including phenoxy) is 3. The van der Waals surface area contributed by atoms with Gasteiger partial charge >= 0.3 is 6.03 Å². The van der Waals surface area contributed by atoms with Crippen LogP contribution in [0.15, 0.2) is 11.0 Å². The Bertz CT molecular complexity index is 1100. The Morgan fingerprint density at radius 3 is 2.70 bits per heavy atom. The zero-order valence-corrected chi connectivity index (χ0v) is 26.6. The Morgan fingerprint density at radius 2 is 1.88 bits per heavy atom. The van der Waals surface area contributed by atoms with E-state index in [9.17, 15) is 14.4 Å². The molecule has 43 heavy (non-hydrogen) atoms. The molecule has 3 saturated heterocycles. The normalized spacial score (nSPS) is 23.5. The molecule has 4 heterocycles. The first-order valence-corrected chi connectivity index (χ1v) is 16.7. The van der Waals surface area contributed by atoms with E-state index in [4.69, 9.17) is 25.8 Å². The summed E-state index contributed by atoms with van der Waals surface area (Å²) in [5.74, 6) is 1.01. The lowest BCUT2D eigenvalue weighted by atomic mass is 10.0. The smallest absolute Gasteiger partial charge is 0.315 e. The molecule has 4 N–H and O–H groups in total. The van der Waals surface area contributed by atoms with E-state index in [2.05, 4.69) is 31.3 Å². The van der Waals surface area contributed by atoms with Crippen LogP contribution < -0.4 is 26.8 Å². The summed E-state index contributed by atoms with van der Waals surface area (Å²) in [7, 11) is 1.58. The summed E-state index contributed by atoms with van der Waals surface area (Å²) in [5.41, 5.74) is 0.277. The Morgan fingerprint density at radius 1 is 1.12 bits per heavy atom. The molecular weight excluding hydrogens is 598 g/mol. The second-order valence-electron chi connectivity index (χ2n) is 11.1. The van der Waals surface area contributed by atoms with E-state index in [-0.39, 0.29) is 40.6 Å². The molecule has 0 bridgehead atoms. The summed E-state index contributed by atoms with van der Waals surface area (Å²) in [6.07, 6.45) is 7.01. The van der Waals surface area contributed by atoms with Gasteiger partial charge < -0.3 is 35.5 Å². The van der Waals surface area contributed by atoms with Crippen molar-refractivity contribution in [3.63, 3.8) is 0 Å². The summed E-state index contributed by atoms with van der Waals surface area (Å²) >= 11 is 8.09. The van der Waals surface area contributed by atoms with Crippen molar-refractivity contribution in [1.29, 1.82) is 0 Å². The van der Waals surface area contributed by atoms with Gasteiger partial charge in [-0.15, -0.1) is 0 Å². The van der Waals surface area contributed by atoms with Gasteiger partial charge in [-0.05, 0) is 32.2 Å². The number of unbranched alkanes of at least 4 members (excludes halogenated alkanes) is 1. The highest BCUT2D eigenvalue weighted by Gasteiger charge is 2.42. The summed E-state index contributed by atoms with van der Waals surface area (Å²) in [4.78, 5) is 37.9. The Hall–Kier alpha value is -2.10. The van der Waals surface area contributed by atoms with Gasteiger partial charge in [-0.2, -0.15) is 16.9 Å². The number of hydrogen-bond donors (Lipinski definition) is 4. The van der Waals surface area contributed by atoms with Crippen molar-refractivity contribution in [1.82, 2.24) is 30.6 Å². The van der Waals surface area contributed by atoms with Crippen molar-refractivity contribution in [2.24, 2.45) is 7.05 Å². The minimum Gasteiger partial charge on any atom is -0.378 e. The zero-order chi connectivity index (χ0) is 30.4. The van der Waals surface area contributed by atoms with Crippen LogP contribution in [0.3, 0.4) is 0 Å². The average molecular weight is 644 g/mol. The zero-order valence-electron chi connectivity index (χ0n) is 25.0. The van der Waals surface area contributed by atoms with E-state index in [1.165, 1.54) is 4.68 Å². The molecule has 4 rings (SSSR count). The van der Waals surface area contributed by atoms with Gasteiger partial charge in [0, 0.05) is 50.1 Å². The van der Waals surface area contributed by atoms with Gasteiger partial charge in [-0.3, -0.25) is 14.5 Å². The number of hydrogen-bond acceptors (Lipinski definition) is 10. The van der Waals surface area contributed by atoms with Crippen LogP contribution in [0, 0.1) is 0 Å². The van der Waals surface area contributed by atoms with Crippen molar-refractivity contribution in [3.05, 3.63) is 21.6 Å². The van der Waals surface area contributed by atoms with Crippen molar-refractivity contribution in [3.8, 4) is 0 Å². The molecule has 3 aliphatic rings. The number of nitrogens with zero attached hydrogens (tertiary/aromatic N) is 3. The number of fused-ring (bicyclic) bond motifs is 1. The molecule has 242 valence electrons. The molecule has 4 atom stereocenters. The second kappa shape index (κ2) is 18.0. The number of likely N-dealkylation sites (tertiary alicyclic amines) is 1. The van der Waals surface area contributed by atoms with Crippen LogP contribution >= 0.6 is 23.4 Å². The highest BCUT2D eigenvalue weighted by molar-refractivity contribution is 8.00. The minimum atomic E-state index is -0.305. The number of aryl methyl sites for hydroxylation is 1. The van der Waals surface area contributed by atoms with E-state index >= 15 is 0 Å². The maximum absolute atomic E-state index is 12.0. The fourth-order valence-corrected chi connectivity index (χ4v) is 7.34. The molecule has 3 aliphatic heterocycles. The van der Waals surface area contributed by atoms with E-state index in [1.807, 2.05) is 11.8 Å². The van der Waals surface area contributed by atoms with Gasteiger partial charge in [0.1, 0.15) is 5.02 Å². The molecule has 15 heteroatoms. The van der Waals surface area contributed by atoms with Gasteiger partial charge in [0.05, 0.1) is 63.6 Å². The number of piperidine rings is 1. The Balaban J connectivity index is 0.910. The number of carbonyl (C=O) groups is 2. The number of rotatable bonds is 19. The lowest BCUT2D eigenvalue weighted by Gasteiger charge is -2.33. The van der Waals surface area contributed by atoms with E-state index in [1.54, 1.807) is 13.2 Å². The summed E-state index contributed by atoms with van der Waals surface area (Å²) < 4.78 is 18.1. The van der Waals surface area contributed by atoms with E-state index in [0.29, 0.717) is 63.5 Å². The third-order valence-electron chi connectivity index (χ3n) is 7.89. The monoisotopic (exact) mass is 643 g/mol. The van der Waals surface area contributed by atoms with Crippen LogP contribution in [-0.4, -0.2) is 122 Å². The number of aromatic nitrogens is 2. The standard InChI is InChI=1S/C28H46ClN7O6S/c1-35-27(38)25(29)21(17-31-35)32-20-5-4-9-36(18-20)10-12-41-14-16-42-15-13-40-11-8-30-24(37)7-3-2-6-23-26-22(19-43-23)33-28(39)34-26/h17,20,22-23,26,32H,2-16,18-19H2,1H3,(H,30,37)(H2,33,34,39)/t20-,22+,23+,26+/m1/s1. The summed E-state index contributed by atoms with van der Waals surface area (Å²) in [6, 6.07) is 0.616. The molecule has 0 aliphatic carbocycles. The van der Waals surface area contributed by atoms with Crippen LogP contribution in [0.2, 0.25) is 5.02 Å². The molecule has 0 unspecified atom stereocenters. The fourth-order valence-electron chi connectivity index (χ4n) is 5.57. The maximum atomic E-state index is 12.0. The molecule has 0 aromatic carbocycles. The number of halogens is 1. The van der Waals surface area contributed by atoms with Gasteiger partial charge in [-0.1, -0.05) is 18.0 Å². The lowest BCUT2D eigenvalue weighted by molar-refractivity contribution is -0.121. The molecule has 3 fully saturated rings. The number of nitrogens with one attached hydrogen (secondary N) is 4. The summed E-state index contributed by atoms with van der Waals surface area (Å²) in [6.45, 7) is 6.23. The van der Waals surface area contributed by atoms with Crippen molar-refractivity contribution in [2.45, 2.75) is 61.9 Å². The van der Waals surface area contributed by atoms with Gasteiger partial charge in [0.15, 0.2) is 0 Å². The minimum absolute atomic E-state index is 0.0473. The Kier molecular flexibility index (Phi) is 14.2. The third kappa shape index (κ3) is 11.1. The van der Waals surface area contributed by atoms with Gasteiger partial charge in [-0.25, -0.2) is 9.48 Å². The predicted octanol–water partition coefficient (Wildman–Crippen LogP) is 1.20. The molecule has 1 aromatic heterocycles. The second-order valence-corrected chi connectivity index (χ2v) is 12.8. The number of anilines is 1. The fraction of sp³-hybridized carbons (Fsp3) is 0.786. The van der Waals surface area contributed by atoms with Crippen LogP contribution in [0.25, 0.3) is 0 Å². The molecule has 13 nitrogen and oxygen atoms in total. The molecule has 3 amide bonds. The molecule has 0 spiro atoms. The maximum Gasteiger partial charge on any atom is 0.315 e. The topological polar surface area (TPSA) is 148 Å². The van der Waals surface area contributed by atoms with Crippen LogP contribution in [0.5, 0.6) is 0 Å². The molecular formula is C28H46ClN7O6S. The number of thioether (sulfide) groups is 1. The van der Waals surface area contributed by atoms with E-state index in [0.717, 1.165) is 57.5 Å².